The van der Waals surface area contributed by atoms with Gasteiger partial charge in [-0.3, -0.25) is 10.1 Å². The number of nitro groups is 1. The number of ether oxygens (including phenoxy) is 1. The molecule has 7 heteroatoms. The Morgan fingerprint density at radius 3 is 2.74 bits per heavy atom. The number of rotatable bonds is 3. The van der Waals surface area contributed by atoms with Crippen molar-refractivity contribution in [2.24, 2.45) is 0 Å². The van der Waals surface area contributed by atoms with Gasteiger partial charge in [0.1, 0.15) is 17.8 Å². The normalized spacial score (nSPS) is 10.3. The highest BCUT2D eigenvalue weighted by Crippen LogP contribution is 2.27. The third-order valence-corrected chi connectivity index (χ3v) is 2.98. The van der Waals surface area contributed by atoms with Crippen molar-refractivity contribution in [3.8, 4) is 11.6 Å². The molecule has 2 rings (SSSR count). The molecule has 19 heavy (non-hydrogen) atoms. The predicted molar refractivity (Wildman–Crippen MR) is 69.8 cm³/mol. The van der Waals surface area contributed by atoms with Crippen molar-refractivity contribution in [1.82, 2.24) is 4.98 Å². The molecule has 0 atom stereocenters. The largest absolute Gasteiger partial charge is 0.439 e. The zero-order valence-electron chi connectivity index (χ0n) is 9.76. The fraction of sp³-hybridized carbons (Fsp3) is 0.0833. The summed E-state index contributed by atoms with van der Waals surface area (Å²) in [5.41, 5.74) is 0.379. The summed E-state index contributed by atoms with van der Waals surface area (Å²) in [5.74, 6) is 0.00883. The molecule has 0 fully saturated rings. The lowest BCUT2D eigenvalue weighted by molar-refractivity contribution is -0.385. The van der Waals surface area contributed by atoms with Crippen LogP contribution in [-0.2, 0) is 0 Å². The average molecular weight is 327 g/mol. The van der Waals surface area contributed by atoms with Crippen molar-refractivity contribution >= 4 is 21.6 Å². The number of aryl methyl sites for hydroxylation is 1. The number of aromatic nitrogens is 1. The van der Waals surface area contributed by atoms with Crippen LogP contribution in [0.25, 0.3) is 0 Å². The van der Waals surface area contributed by atoms with E-state index in [9.17, 15) is 14.5 Å². The second-order valence-electron chi connectivity index (χ2n) is 3.75. The van der Waals surface area contributed by atoms with Crippen molar-refractivity contribution in [1.29, 1.82) is 0 Å². The molecule has 0 aliphatic carbocycles. The van der Waals surface area contributed by atoms with Gasteiger partial charge in [-0.15, -0.1) is 0 Å². The van der Waals surface area contributed by atoms with Gasteiger partial charge in [0.15, 0.2) is 0 Å². The molecule has 1 aromatic carbocycles. The Labute approximate surface area is 116 Å². The summed E-state index contributed by atoms with van der Waals surface area (Å²) in [7, 11) is 0. The summed E-state index contributed by atoms with van der Waals surface area (Å²) in [6.45, 7) is 1.63. The Hall–Kier alpha value is -2.02. The lowest BCUT2D eigenvalue weighted by atomic mass is 10.3. The van der Waals surface area contributed by atoms with E-state index in [1.807, 2.05) is 0 Å². The molecule has 2 aromatic rings. The molecular weight excluding hydrogens is 319 g/mol. The maximum Gasteiger partial charge on any atom is 0.288 e. The van der Waals surface area contributed by atoms with Crippen molar-refractivity contribution < 1.29 is 14.1 Å². The van der Waals surface area contributed by atoms with E-state index in [0.29, 0.717) is 10.0 Å². The van der Waals surface area contributed by atoms with Gasteiger partial charge in [-0.2, -0.15) is 0 Å². The lowest BCUT2D eigenvalue weighted by Crippen LogP contribution is -1.95. The fourth-order valence-corrected chi connectivity index (χ4v) is 1.65. The average Bonchev–Trinajstić information content (AvgIpc) is 2.36. The molecule has 0 radical (unpaired) electrons. The van der Waals surface area contributed by atoms with E-state index in [2.05, 4.69) is 20.9 Å². The maximum absolute atomic E-state index is 13.3. The zero-order valence-corrected chi connectivity index (χ0v) is 11.3. The molecule has 0 spiro atoms. The highest BCUT2D eigenvalue weighted by molar-refractivity contribution is 9.10. The Balaban J connectivity index is 2.28. The van der Waals surface area contributed by atoms with E-state index < -0.39 is 10.7 Å². The smallest absolute Gasteiger partial charge is 0.288 e. The van der Waals surface area contributed by atoms with Crippen LogP contribution in [0.1, 0.15) is 5.56 Å². The van der Waals surface area contributed by atoms with Crippen LogP contribution in [0.5, 0.6) is 11.6 Å². The SMILES string of the molecule is Cc1cc([N+](=O)[O-])cnc1Oc1ccc(Br)c(F)c1. The topological polar surface area (TPSA) is 65.3 Å². The zero-order chi connectivity index (χ0) is 14.0. The highest BCUT2D eigenvalue weighted by atomic mass is 79.9. The fourth-order valence-electron chi connectivity index (χ4n) is 1.41. The van der Waals surface area contributed by atoms with E-state index in [0.717, 1.165) is 6.20 Å². The van der Waals surface area contributed by atoms with Gasteiger partial charge in [0, 0.05) is 17.7 Å². The maximum atomic E-state index is 13.3. The summed E-state index contributed by atoms with van der Waals surface area (Å²) in [5, 5.41) is 10.6. The number of benzene rings is 1. The third kappa shape index (κ3) is 3.05. The van der Waals surface area contributed by atoms with Crippen LogP contribution in [0, 0.1) is 22.9 Å². The Morgan fingerprint density at radius 1 is 1.42 bits per heavy atom. The molecule has 0 saturated heterocycles. The van der Waals surface area contributed by atoms with E-state index in [1.165, 1.54) is 18.2 Å². The van der Waals surface area contributed by atoms with Crippen LogP contribution < -0.4 is 4.74 Å². The van der Waals surface area contributed by atoms with Crippen LogP contribution in [0.15, 0.2) is 34.9 Å². The standard InChI is InChI=1S/C12H8BrFN2O3/c1-7-4-8(16(17)18)6-15-12(7)19-9-2-3-10(13)11(14)5-9/h2-6H,1H3. The van der Waals surface area contributed by atoms with Crippen LogP contribution in [-0.4, -0.2) is 9.91 Å². The predicted octanol–water partition coefficient (Wildman–Crippen LogP) is 3.99. The lowest BCUT2D eigenvalue weighted by Gasteiger charge is -2.07. The first-order valence-corrected chi connectivity index (χ1v) is 6.00. The van der Waals surface area contributed by atoms with Crippen molar-refractivity contribution in [3.63, 3.8) is 0 Å². The van der Waals surface area contributed by atoms with Gasteiger partial charge in [0.2, 0.25) is 5.88 Å². The molecule has 0 saturated carbocycles. The van der Waals surface area contributed by atoms with E-state index in [4.69, 9.17) is 4.74 Å². The number of pyridine rings is 1. The van der Waals surface area contributed by atoms with Gasteiger partial charge in [-0.1, -0.05) is 0 Å². The van der Waals surface area contributed by atoms with Gasteiger partial charge in [-0.25, -0.2) is 9.37 Å². The summed E-state index contributed by atoms with van der Waals surface area (Å²) >= 11 is 3.03. The molecular formula is C12H8BrFN2O3. The second-order valence-corrected chi connectivity index (χ2v) is 4.60. The van der Waals surface area contributed by atoms with Crippen LogP contribution in [0.4, 0.5) is 10.1 Å². The van der Waals surface area contributed by atoms with Crippen molar-refractivity contribution in [2.75, 3.05) is 0 Å². The van der Waals surface area contributed by atoms with Gasteiger partial charge >= 0.3 is 0 Å². The summed E-state index contributed by atoms with van der Waals surface area (Å²) in [4.78, 5) is 13.9. The third-order valence-electron chi connectivity index (χ3n) is 2.33. The van der Waals surface area contributed by atoms with Gasteiger partial charge in [-0.05, 0) is 35.0 Å². The first-order valence-electron chi connectivity index (χ1n) is 5.21. The molecule has 0 aliphatic heterocycles. The quantitative estimate of drug-likeness (QED) is 0.631. The van der Waals surface area contributed by atoms with Crippen LogP contribution >= 0.6 is 15.9 Å². The molecule has 0 N–H and O–H groups in total. The van der Waals surface area contributed by atoms with E-state index in [1.54, 1.807) is 13.0 Å². The Morgan fingerprint density at radius 2 is 2.16 bits per heavy atom. The minimum Gasteiger partial charge on any atom is -0.439 e. The van der Waals surface area contributed by atoms with Crippen molar-refractivity contribution in [3.05, 3.63) is 56.4 Å². The minimum absolute atomic E-state index is 0.119. The molecule has 5 nitrogen and oxygen atoms in total. The van der Waals surface area contributed by atoms with Gasteiger partial charge in [0.25, 0.3) is 5.69 Å². The number of hydrogen-bond acceptors (Lipinski definition) is 4. The van der Waals surface area contributed by atoms with Crippen LogP contribution in [0.3, 0.4) is 0 Å². The molecule has 0 amide bonds. The number of nitrogens with zero attached hydrogens (tertiary/aromatic N) is 2. The molecule has 0 aliphatic rings. The van der Waals surface area contributed by atoms with Crippen molar-refractivity contribution in [2.45, 2.75) is 6.92 Å². The van der Waals surface area contributed by atoms with Crippen LogP contribution in [0.2, 0.25) is 0 Å². The first kappa shape index (κ1) is 13.4. The van der Waals surface area contributed by atoms with E-state index >= 15 is 0 Å². The second kappa shape index (κ2) is 5.31. The van der Waals surface area contributed by atoms with Gasteiger partial charge < -0.3 is 4.74 Å². The Kier molecular flexibility index (Phi) is 3.75. The molecule has 1 heterocycles. The summed E-state index contributed by atoms with van der Waals surface area (Å²) < 4.78 is 19.0. The first-order chi connectivity index (χ1) is 8.97. The molecule has 0 unspecified atom stereocenters. The minimum atomic E-state index is -0.539. The van der Waals surface area contributed by atoms with E-state index in [-0.39, 0.29) is 17.3 Å². The Bertz CT molecular complexity index is 649. The number of hydrogen-bond donors (Lipinski definition) is 0. The van der Waals surface area contributed by atoms with Gasteiger partial charge in [0.05, 0.1) is 9.40 Å². The molecule has 0 bridgehead atoms. The monoisotopic (exact) mass is 326 g/mol. The summed E-state index contributed by atoms with van der Waals surface area (Å²) in [6.07, 6.45) is 1.09. The molecule has 98 valence electrons. The summed E-state index contributed by atoms with van der Waals surface area (Å²) in [6, 6.07) is 5.62. The molecule has 1 aromatic heterocycles. The highest BCUT2D eigenvalue weighted by Gasteiger charge is 2.11. The number of halogens is 2.